The van der Waals surface area contributed by atoms with Crippen molar-refractivity contribution >= 4 is 27.9 Å². The van der Waals surface area contributed by atoms with Gasteiger partial charge in [0.25, 0.3) is 0 Å². The molecule has 3 rings (SSSR count). The third-order valence-corrected chi connectivity index (χ3v) is 3.78. The lowest BCUT2D eigenvalue weighted by Crippen LogP contribution is -2.27. The topological polar surface area (TPSA) is 60.7 Å². The van der Waals surface area contributed by atoms with Gasteiger partial charge in [-0.3, -0.25) is 0 Å². The Morgan fingerprint density at radius 3 is 2.42 bits per heavy atom. The second-order valence-corrected chi connectivity index (χ2v) is 6.70. The number of carbonyl (C=O) groups is 1. The lowest BCUT2D eigenvalue weighted by atomic mass is 10.1. The van der Waals surface area contributed by atoms with Crippen LogP contribution in [0.3, 0.4) is 0 Å². The summed E-state index contributed by atoms with van der Waals surface area (Å²) in [6.45, 7) is 5.52. The van der Waals surface area contributed by atoms with Crippen LogP contribution in [0.25, 0.3) is 21.8 Å². The van der Waals surface area contributed by atoms with Crippen LogP contribution < -0.4 is 0 Å². The number of carbonyl (C=O) groups excluding carboxylic acids is 1. The molecule has 0 bridgehead atoms. The van der Waals surface area contributed by atoms with Crippen molar-refractivity contribution in [2.75, 3.05) is 7.11 Å². The molecule has 0 saturated heterocycles. The van der Waals surface area contributed by atoms with Crippen LogP contribution >= 0.6 is 0 Å². The molecule has 5 heteroatoms. The summed E-state index contributed by atoms with van der Waals surface area (Å²) in [5, 5.41) is 11.7. The number of aliphatic hydroxyl groups is 1. The summed E-state index contributed by atoms with van der Waals surface area (Å²) in [4.78, 5) is 12.7. The monoisotopic (exact) mass is 327 g/mol. The van der Waals surface area contributed by atoms with E-state index in [0.717, 1.165) is 21.8 Å². The molecule has 0 aliphatic heterocycles. The molecule has 2 aromatic carbocycles. The van der Waals surface area contributed by atoms with E-state index in [1.807, 2.05) is 51.1 Å². The van der Waals surface area contributed by atoms with Crippen molar-refractivity contribution in [3.8, 4) is 0 Å². The number of methoxy groups -OCH3 is 1. The lowest BCUT2D eigenvalue weighted by molar-refractivity contribution is -0.0768. The Morgan fingerprint density at radius 1 is 1.08 bits per heavy atom. The summed E-state index contributed by atoms with van der Waals surface area (Å²) in [5.41, 5.74) is 1.56. The minimum absolute atomic E-state index is 0.422. The van der Waals surface area contributed by atoms with Gasteiger partial charge in [-0.25, -0.2) is 9.36 Å². The van der Waals surface area contributed by atoms with Crippen molar-refractivity contribution in [2.24, 2.45) is 0 Å². The Bertz CT molecular complexity index is 905. The van der Waals surface area contributed by atoms with Gasteiger partial charge < -0.3 is 14.6 Å². The minimum Gasteiger partial charge on any atom is -0.443 e. The summed E-state index contributed by atoms with van der Waals surface area (Å²) in [7, 11) is 1.44. The molecule has 1 heterocycles. The molecule has 0 aliphatic rings. The molecule has 1 atom stereocenters. The van der Waals surface area contributed by atoms with Gasteiger partial charge in [0.15, 0.2) is 6.29 Å². The molecule has 0 aliphatic carbocycles. The van der Waals surface area contributed by atoms with E-state index >= 15 is 0 Å². The maximum Gasteiger partial charge on any atom is 0.419 e. The molecular formula is C19H21NO4. The maximum absolute atomic E-state index is 12.7. The van der Waals surface area contributed by atoms with Gasteiger partial charge in [0.2, 0.25) is 0 Å². The molecule has 1 aromatic heterocycles. The van der Waals surface area contributed by atoms with Crippen LogP contribution in [-0.4, -0.2) is 28.5 Å². The Hall–Kier alpha value is -2.37. The van der Waals surface area contributed by atoms with Crippen molar-refractivity contribution in [3.63, 3.8) is 0 Å². The number of para-hydroxylation sites is 1. The van der Waals surface area contributed by atoms with E-state index in [-0.39, 0.29) is 0 Å². The first-order chi connectivity index (χ1) is 11.3. The van der Waals surface area contributed by atoms with E-state index in [1.54, 1.807) is 16.7 Å². The molecule has 3 aromatic rings. The Morgan fingerprint density at radius 2 is 1.75 bits per heavy atom. The lowest BCUT2D eigenvalue weighted by Gasteiger charge is -2.20. The van der Waals surface area contributed by atoms with Crippen LogP contribution in [-0.2, 0) is 9.47 Å². The predicted octanol–water partition coefficient (Wildman–Crippen LogP) is 4.22. The van der Waals surface area contributed by atoms with Crippen LogP contribution in [0.15, 0.2) is 42.5 Å². The first kappa shape index (κ1) is 16.5. The van der Waals surface area contributed by atoms with E-state index in [9.17, 15) is 9.90 Å². The summed E-state index contributed by atoms with van der Waals surface area (Å²) in [6.07, 6.45) is -1.42. The van der Waals surface area contributed by atoms with Gasteiger partial charge >= 0.3 is 6.09 Å². The number of aliphatic hydroxyl groups excluding tert-OH is 1. The number of benzene rings is 2. The highest BCUT2D eigenvalue weighted by Crippen LogP contribution is 2.31. The smallest absolute Gasteiger partial charge is 0.419 e. The van der Waals surface area contributed by atoms with Crippen molar-refractivity contribution in [3.05, 3.63) is 48.0 Å². The number of hydrogen-bond acceptors (Lipinski definition) is 4. The highest BCUT2D eigenvalue weighted by molar-refractivity contribution is 6.12. The molecule has 0 radical (unpaired) electrons. The summed E-state index contributed by atoms with van der Waals surface area (Å²) in [5.74, 6) is 0. The van der Waals surface area contributed by atoms with Gasteiger partial charge in [-0.2, -0.15) is 0 Å². The van der Waals surface area contributed by atoms with Crippen molar-refractivity contribution in [2.45, 2.75) is 32.7 Å². The van der Waals surface area contributed by atoms with Crippen molar-refractivity contribution in [1.82, 2.24) is 4.57 Å². The fourth-order valence-corrected chi connectivity index (χ4v) is 2.78. The van der Waals surface area contributed by atoms with E-state index < -0.39 is 18.0 Å². The molecular weight excluding hydrogens is 306 g/mol. The molecule has 24 heavy (non-hydrogen) atoms. The first-order valence-electron chi connectivity index (χ1n) is 7.79. The summed E-state index contributed by atoms with van der Waals surface area (Å²) < 4.78 is 12.1. The summed E-state index contributed by atoms with van der Waals surface area (Å²) in [6, 6.07) is 13.0. The van der Waals surface area contributed by atoms with Crippen LogP contribution in [0.4, 0.5) is 4.79 Å². The first-order valence-corrected chi connectivity index (χ1v) is 7.79. The SMILES string of the molecule is COC(O)c1ccc2c(c1)c1ccccc1n2C(=O)OC(C)(C)C. The second-order valence-electron chi connectivity index (χ2n) is 6.70. The number of nitrogens with zero attached hydrogens (tertiary/aromatic N) is 1. The molecule has 0 saturated carbocycles. The van der Waals surface area contributed by atoms with Gasteiger partial charge in [0.05, 0.1) is 11.0 Å². The third kappa shape index (κ3) is 2.88. The number of aromatic nitrogens is 1. The Kier molecular flexibility index (Phi) is 4.07. The molecule has 0 spiro atoms. The quantitative estimate of drug-likeness (QED) is 0.716. The Balaban J connectivity index is 2.26. The highest BCUT2D eigenvalue weighted by Gasteiger charge is 2.22. The number of hydrogen-bond donors (Lipinski definition) is 1. The van der Waals surface area contributed by atoms with Gasteiger partial charge in [-0.1, -0.05) is 24.3 Å². The number of ether oxygens (including phenoxy) is 2. The average molecular weight is 327 g/mol. The van der Waals surface area contributed by atoms with Gasteiger partial charge in [0.1, 0.15) is 5.60 Å². The third-order valence-electron chi connectivity index (χ3n) is 3.78. The number of rotatable bonds is 2. The van der Waals surface area contributed by atoms with E-state index in [1.165, 1.54) is 7.11 Å². The van der Waals surface area contributed by atoms with Crippen LogP contribution in [0.5, 0.6) is 0 Å². The fourth-order valence-electron chi connectivity index (χ4n) is 2.78. The molecule has 1 N–H and O–H groups in total. The van der Waals surface area contributed by atoms with Crippen LogP contribution in [0, 0.1) is 0 Å². The predicted molar refractivity (Wildman–Crippen MR) is 93.0 cm³/mol. The zero-order chi connectivity index (χ0) is 17.5. The van der Waals surface area contributed by atoms with E-state index in [0.29, 0.717) is 5.56 Å². The maximum atomic E-state index is 12.7. The van der Waals surface area contributed by atoms with Crippen LogP contribution in [0.1, 0.15) is 32.6 Å². The van der Waals surface area contributed by atoms with Gasteiger partial charge in [-0.05, 0) is 39.0 Å². The average Bonchev–Trinajstić information content (AvgIpc) is 2.86. The Labute approximate surface area is 140 Å². The van der Waals surface area contributed by atoms with Gasteiger partial charge in [0, 0.05) is 23.4 Å². The molecule has 5 nitrogen and oxygen atoms in total. The largest absolute Gasteiger partial charge is 0.443 e. The minimum atomic E-state index is -1.00. The zero-order valence-corrected chi connectivity index (χ0v) is 14.2. The van der Waals surface area contributed by atoms with Gasteiger partial charge in [-0.15, -0.1) is 0 Å². The molecule has 0 amide bonds. The molecule has 126 valence electrons. The molecule has 0 fully saturated rings. The fraction of sp³-hybridized carbons (Fsp3) is 0.316. The number of fused-ring (bicyclic) bond motifs is 3. The summed E-state index contributed by atoms with van der Waals surface area (Å²) >= 11 is 0. The normalized spacial score (nSPS) is 13.4. The zero-order valence-electron chi connectivity index (χ0n) is 14.2. The molecule has 1 unspecified atom stereocenters. The second kappa shape index (κ2) is 5.92. The standard InChI is InChI=1S/C19H21NO4/c1-19(2,3)24-18(22)20-15-8-6-5-7-13(15)14-11-12(17(21)23-4)9-10-16(14)20/h5-11,17,21H,1-4H3. The van der Waals surface area contributed by atoms with E-state index in [2.05, 4.69) is 0 Å². The van der Waals surface area contributed by atoms with Crippen LogP contribution in [0.2, 0.25) is 0 Å². The highest BCUT2D eigenvalue weighted by atomic mass is 16.6. The van der Waals surface area contributed by atoms with E-state index in [4.69, 9.17) is 9.47 Å². The van der Waals surface area contributed by atoms with Crippen molar-refractivity contribution < 1.29 is 19.4 Å². The van der Waals surface area contributed by atoms with Crippen molar-refractivity contribution in [1.29, 1.82) is 0 Å².